The summed E-state index contributed by atoms with van der Waals surface area (Å²) in [5.74, 6) is 0.447. The standard InChI is InChI=1S/C21H30ClN3O2/c22-19-8-5-18(6-9-19)7-10-20(26)25-15-13-23(14-16-25)17-21(27)24-11-3-1-2-4-12-24/h5-6,8-9H,1-4,7,10-17H2. The summed E-state index contributed by atoms with van der Waals surface area (Å²) in [7, 11) is 0. The number of nitrogens with zero attached hydrogens (tertiary/aromatic N) is 3. The molecule has 0 radical (unpaired) electrons. The van der Waals surface area contributed by atoms with Gasteiger partial charge in [0.05, 0.1) is 6.54 Å². The minimum absolute atomic E-state index is 0.198. The Balaban J connectivity index is 1.38. The fraction of sp³-hybridized carbons (Fsp3) is 0.619. The molecule has 0 saturated carbocycles. The Morgan fingerprint density at radius 1 is 0.778 bits per heavy atom. The van der Waals surface area contributed by atoms with Crippen molar-refractivity contribution in [3.05, 3.63) is 34.9 Å². The molecular formula is C21H30ClN3O2. The van der Waals surface area contributed by atoms with Gasteiger partial charge in [0.2, 0.25) is 11.8 Å². The van der Waals surface area contributed by atoms with Crippen LogP contribution in [0.25, 0.3) is 0 Å². The van der Waals surface area contributed by atoms with Gasteiger partial charge in [0, 0.05) is 50.7 Å². The Hall–Kier alpha value is -1.59. The maximum atomic E-state index is 12.5. The van der Waals surface area contributed by atoms with E-state index < -0.39 is 0 Å². The maximum absolute atomic E-state index is 12.5. The number of aryl methyl sites for hydroxylation is 1. The number of benzene rings is 1. The van der Waals surface area contributed by atoms with Crippen LogP contribution in [0.1, 0.15) is 37.7 Å². The van der Waals surface area contributed by atoms with Crippen LogP contribution in [0.2, 0.25) is 5.02 Å². The van der Waals surface area contributed by atoms with Crippen LogP contribution in [-0.4, -0.2) is 72.3 Å². The molecular weight excluding hydrogens is 362 g/mol. The minimum atomic E-state index is 0.198. The van der Waals surface area contributed by atoms with Crippen molar-refractivity contribution in [3.8, 4) is 0 Å². The zero-order valence-electron chi connectivity index (χ0n) is 16.0. The van der Waals surface area contributed by atoms with Crippen LogP contribution >= 0.6 is 11.6 Å². The summed E-state index contributed by atoms with van der Waals surface area (Å²) < 4.78 is 0. The van der Waals surface area contributed by atoms with Gasteiger partial charge in [-0.2, -0.15) is 0 Å². The summed E-state index contributed by atoms with van der Waals surface area (Å²) in [5.41, 5.74) is 1.13. The molecule has 1 aromatic carbocycles. The van der Waals surface area contributed by atoms with Crippen LogP contribution in [0.5, 0.6) is 0 Å². The van der Waals surface area contributed by atoms with Gasteiger partial charge in [0.25, 0.3) is 0 Å². The number of amides is 2. The normalized spacial score (nSPS) is 19.0. The first-order valence-electron chi connectivity index (χ1n) is 10.1. The molecule has 2 amide bonds. The highest BCUT2D eigenvalue weighted by Crippen LogP contribution is 2.13. The van der Waals surface area contributed by atoms with Crippen LogP contribution in [0.4, 0.5) is 0 Å². The van der Waals surface area contributed by atoms with Gasteiger partial charge in [-0.25, -0.2) is 0 Å². The lowest BCUT2D eigenvalue weighted by atomic mass is 10.1. The molecule has 5 nitrogen and oxygen atoms in total. The van der Waals surface area contributed by atoms with Crippen molar-refractivity contribution in [1.82, 2.24) is 14.7 Å². The van der Waals surface area contributed by atoms with Gasteiger partial charge in [-0.3, -0.25) is 14.5 Å². The lowest BCUT2D eigenvalue weighted by molar-refractivity contribution is -0.135. The van der Waals surface area contributed by atoms with Crippen LogP contribution in [0, 0.1) is 0 Å². The number of halogens is 1. The van der Waals surface area contributed by atoms with Gasteiger partial charge in [0.15, 0.2) is 0 Å². The zero-order valence-corrected chi connectivity index (χ0v) is 16.8. The van der Waals surface area contributed by atoms with Crippen molar-refractivity contribution >= 4 is 23.4 Å². The maximum Gasteiger partial charge on any atom is 0.236 e. The Morgan fingerprint density at radius 3 is 2.00 bits per heavy atom. The number of likely N-dealkylation sites (tertiary alicyclic amines) is 1. The topological polar surface area (TPSA) is 43.9 Å². The van der Waals surface area contributed by atoms with Crippen molar-refractivity contribution in [2.45, 2.75) is 38.5 Å². The summed E-state index contributed by atoms with van der Waals surface area (Å²) in [6, 6.07) is 7.67. The zero-order chi connectivity index (χ0) is 19.1. The summed E-state index contributed by atoms with van der Waals surface area (Å²) in [6.07, 6.45) is 5.99. The Kier molecular flexibility index (Phi) is 7.53. The SMILES string of the molecule is O=C(CCc1ccc(Cl)cc1)N1CCN(CC(=O)N2CCCCCC2)CC1. The number of carbonyl (C=O) groups is 2. The molecule has 2 fully saturated rings. The molecule has 0 atom stereocenters. The van der Waals surface area contributed by atoms with Crippen LogP contribution in [0.3, 0.4) is 0 Å². The smallest absolute Gasteiger partial charge is 0.236 e. The summed E-state index contributed by atoms with van der Waals surface area (Å²) in [4.78, 5) is 31.1. The molecule has 0 aromatic heterocycles. The van der Waals surface area contributed by atoms with E-state index in [0.29, 0.717) is 26.1 Å². The molecule has 2 aliphatic heterocycles. The van der Waals surface area contributed by atoms with Crippen LogP contribution in [-0.2, 0) is 16.0 Å². The number of carbonyl (C=O) groups excluding carboxylic acids is 2. The first-order chi connectivity index (χ1) is 13.1. The van der Waals surface area contributed by atoms with Crippen molar-refractivity contribution in [1.29, 1.82) is 0 Å². The average molecular weight is 392 g/mol. The second-order valence-corrected chi connectivity index (χ2v) is 8.01. The fourth-order valence-electron chi connectivity index (χ4n) is 3.83. The van der Waals surface area contributed by atoms with Crippen LogP contribution in [0.15, 0.2) is 24.3 Å². The summed E-state index contributed by atoms with van der Waals surface area (Å²) in [5, 5.41) is 0.718. The summed E-state index contributed by atoms with van der Waals surface area (Å²) >= 11 is 5.90. The molecule has 0 unspecified atom stereocenters. The van der Waals surface area contributed by atoms with E-state index in [1.807, 2.05) is 34.1 Å². The molecule has 3 rings (SSSR count). The molecule has 148 valence electrons. The molecule has 2 heterocycles. The van der Waals surface area contributed by atoms with E-state index in [9.17, 15) is 9.59 Å². The number of rotatable bonds is 5. The molecule has 1 aromatic rings. The molecule has 2 aliphatic rings. The van der Waals surface area contributed by atoms with E-state index in [4.69, 9.17) is 11.6 Å². The summed E-state index contributed by atoms with van der Waals surface area (Å²) in [6.45, 7) is 5.30. The third kappa shape index (κ3) is 6.22. The Bertz CT molecular complexity index is 619. The van der Waals surface area contributed by atoms with E-state index in [1.54, 1.807) is 0 Å². The molecule has 0 N–H and O–H groups in total. The molecule has 6 heteroatoms. The third-order valence-electron chi connectivity index (χ3n) is 5.58. The van der Waals surface area contributed by atoms with Gasteiger partial charge in [-0.05, 0) is 37.0 Å². The largest absolute Gasteiger partial charge is 0.342 e. The predicted octanol–water partition coefficient (Wildman–Crippen LogP) is 2.82. The van der Waals surface area contributed by atoms with E-state index in [0.717, 1.165) is 56.0 Å². The third-order valence-corrected chi connectivity index (χ3v) is 5.84. The molecule has 0 aliphatic carbocycles. The van der Waals surface area contributed by atoms with Crippen molar-refractivity contribution in [2.75, 3.05) is 45.8 Å². The van der Waals surface area contributed by atoms with E-state index in [2.05, 4.69) is 4.90 Å². The molecule has 2 saturated heterocycles. The Morgan fingerprint density at radius 2 is 1.37 bits per heavy atom. The highest BCUT2D eigenvalue weighted by atomic mass is 35.5. The Labute approximate surface area is 167 Å². The molecule has 0 bridgehead atoms. The van der Waals surface area contributed by atoms with Gasteiger partial charge < -0.3 is 9.80 Å². The second-order valence-electron chi connectivity index (χ2n) is 7.58. The molecule has 0 spiro atoms. The molecule has 27 heavy (non-hydrogen) atoms. The lowest BCUT2D eigenvalue weighted by Crippen LogP contribution is -2.51. The lowest BCUT2D eigenvalue weighted by Gasteiger charge is -2.35. The van der Waals surface area contributed by atoms with Crippen molar-refractivity contribution in [2.24, 2.45) is 0 Å². The fourth-order valence-corrected chi connectivity index (χ4v) is 3.95. The van der Waals surface area contributed by atoms with Gasteiger partial charge in [-0.15, -0.1) is 0 Å². The minimum Gasteiger partial charge on any atom is -0.342 e. The number of hydrogen-bond donors (Lipinski definition) is 0. The van der Waals surface area contributed by atoms with Crippen molar-refractivity contribution in [3.63, 3.8) is 0 Å². The predicted molar refractivity (Wildman–Crippen MR) is 108 cm³/mol. The monoisotopic (exact) mass is 391 g/mol. The van der Waals surface area contributed by atoms with Gasteiger partial charge >= 0.3 is 0 Å². The van der Waals surface area contributed by atoms with Gasteiger partial charge in [-0.1, -0.05) is 36.6 Å². The highest BCUT2D eigenvalue weighted by Gasteiger charge is 2.24. The highest BCUT2D eigenvalue weighted by molar-refractivity contribution is 6.30. The van der Waals surface area contributed by atoms with Crippen LogP contribution < -0.4 is 0 Å². The number of hydrogen-bond acceptors (Lipinski definition) is 3. The number of piperazine rings is 1. The average Bonchev–Trinajstić information content (AvgIpc) is 2.97. The van der Waals surface area contributed by atoms with Gasteiger partial charge in [0.1, 0.15) is 0 Å². The first-order valence-corrected chi connectivity index (χ1v) is 10.5. The second kappa shape index (κ2) is 10.1. The first kappa shape index (κ1) is 20.2. The van der Waals surface area contributed by atoms with E-state index >= 15 is 0 Å². The van der Waals surface area contributed by atoms with E-state index in [1.165, 1.54) is 12.8 Å². The van der Waals surface area contributed by atoms with Crippen molar-refractivity contribution < 1.29 is 9.59 Å². The quantitative estimate of drug-likeness (QED) is 0.775. The van der Waals surface area contributed by atoms with E-state index in [-0.39, 0.29) is 11.8 Å².